The molecule has 0 aliphatic heterocycles. The van der Waals surface area contributed by atoms with E-state index in [1.165, 1.54) is 12.1 Å². The van der Waals surface area contributed by atoms with Gasteiger partial charge in [-0.2, -0.15) is 0 Å². The second kappa shape index (κ2) is 6.18. The van der Waals surface area contributed by atoms with Gasteiger partial charge in [-0.25, -0.2) is 4.39 Å². The average molecular weight is 350 g/mol. The summed E-state index contributed by atoms with van der Waals surface area (Å²) >= 11 is 2.09. The van der Waals surface area contributed by atoms with Crippen molar-refractivity contribution >= 4 is 34.2 Å². The van der Waals surface area contributed by atoms with Gasteiger partial charge in [0.25, 0.3) is 0 Å². The monoisotopic (exact) mass is 350 g/mol. The Labute approximate surface area is 115 Å². The van der Waals surface area contributed by atoms with Crippen molar-refractivity contribution in [2.75, 3.05) is 32.6 Å². The van der Waals surface area contributed by atoms with Gasteiger partial charge in [0.1, 0.15) is 5.82 Å². The Hall–Kier alpha value is -0.850. The van der Waals surface area contributed by atoms with Crippen LogP contribution in [0.2, 0.25) is 0 Å². The number of nitrogens with zero attached hydrogens (tertiary/aromatic N) is 2. The predicted octanol–water partition coefficient (Wildman–Crippen LogP) is 2.34. The van der Waals surface area contributed by atoms with Gasteiger partial charge in [-0.05, 0) is 40.8 Å². The molecule has 0 saturated heterocycles. The first-order valence-electron chi connectivity index (χ1n) is 5.28. The van der Waals surface area contributed by atoms with Gasteiger partial charge in [0.2, 0.25) is 5.91 Å². The van der Waals surface area contributed by atoms with Gasteiger partial charge < -0.3 is 9.80 Å². The molecular formula is C12H16FIN2O. The number of amides is 1. The number of benzene rings is 1. The minimum absolute atomic E-state index is 0.0916. The maximum Gasteiger partial charge on any atom is 0.223 e. The molecule has 94 valence electrons. The number of halogens is 2. The van der Waals surface area contributed by atoms with Crippen molar-refractivity contribution in [2.45, 2.75) is 6.42 Å². The van der Waals surface area contributed by atoms with Gasteiger partial charge in [-0.1, -0.05) is 0 Å². The molecule has 0 spiro atoms. The van der Waals surface area contributed by atoms with E-state index in [-0.39, 0.29) is 11.7 Å². The highest BCUT2D eigenvalue weighted by Crippen LogP contribution is 2.22. The number of carbonyl (C=O) groups excluding carboxylic acids is 1. The molecule has 17 heavy (non-hydrogen) atoms. The third-order valence-electron chi connectivity index (χ3n) is 2.48. The zero-order chi connectivity index (χ0) is 13.0. The summed E-state index contributed by atoms with van der Waals surface area (Å²) in [5.41, 5.74) is 0.943. The summed E-state index contributed by atoms with van der Waals surface area (Å²) in [7, 11) is 5.38. The van der Waals surface area contributed by atoms with Crippen molar-refractivity contribution in [1.29, 1.82) is 0 Å². The summed E-state index contributed by atoms with van der Waals surface area (Å²) in [4.78, 5) is 15.0. The zero-order valence-corrected chi connectivity index (χ0v) is 12.4. The number of hydrogen-bond acceptors (Lipinski definition) is 2. The predicted molar refractivity (Wildman–Crippen MR) is 75.7 cm³/mol. The van der Waals surface area contributed by atoms with Crippen LogP contribution in [0.1, 0.15) is 6.42 Å². The van der Waals surface area contributed by atoms with Crippen molar-refractivity contribution < 1.29 is 9.18 Å². The van der Waals surface area contributed by atoms with Crippen LogP contribution in [-0.4, -0.2) is 38.5 Å². The van der Waals surface area contributed by atoms with Crippen molar-refractivity contribution in [3.63, 3.8) is 0 Å². The van der Waals surface area contributed by atoms with E-state index in [4.69, 9.17) is 0 Å². The van der Waals surface area contributed by atoms with Crippen LogP contribution in [0.4, 0.5) is 10.1 Å². The van der Waals surface area contributed by atoms with E-state index in [2.05, 4.69) is 22.6 Å². The van der Waals surface area contributed by atoms with Crippen LogP contribution in [0, 0.1) is 9.39 Å². The fourth-order valence-electron chi connectivity index (χ4n) is 1.40. The van der Waals surface area contributed by atoms with Gasteiger partial charge in [-0.3, -0.25) is 4.79 Å². The lowest BCUT2D eigenvalue weighted by molar-refractivity contribution is -0.128. The van der Waals surface area contributed by atoms with Crippen LogP contribution in [0.3, 0.4) is 0 Å². The first-order chi connectivity index (χ1) is 7.91. The molecule has 0 radical (unpaired) electrons. The fraction of sp³-hybridized carbons (Fsp3) is 0.417. The van der Waals surface area contributed by atoms with E-state index in [9.17, 15) is 9.18 Å². The standard InChI is InChI=1S/C12H16FIN2O/c1-15(2)12(17)6-7-16(3)11-5-4-9(13)8-10(11)14/h4-5,8H,6-7H2,1-3H3. The van der Waals surface area contributed by atoms with Crippen molar-refractivity contribution in [3.8, 4) is 0 Å². The first kappa shape index (κ1) is 14.2. The largest absolute Gasteiger partial charge is 0.373 e. The number of anilines is 1. The molecule has 0 atom stereocenters. The maximum atomic E-state index is 12.9. The highest BCUT2D eigenvalue weighted by atomic mass is 127. The summed E-state index contributed by atoms with van der Waals surface area (Å²) in [6.07, 6.45) is 0.455. The topological polar surface area (TPSA) is 23.6 Å². The van der Waals surface area contributed by atoms with Crippen LogP contribution in [0.5, 0.6) is 0 Å². The van der Waals surface area contributed by atoms with Crippen LogP contribution >= 0.6 is 22.6 Å². The van der Waals surface area contributed by atoms with Crippen molar-refractivity contribution in [2.24, 2.45) is 0 Å². The molecule has 0 N–H and O–H groups in total. The summed E-state index contributed by atoms with van der Waals surface area (Å²) in [6, 6.07) is 4.65. The SMILES string of the molecule is CN(C)C(=O)CCN(C)c1ccc(F)cc1I. The molecule has 0 fully saturated rings. The molecule has 5 heteroatoms. The van der Waals surface area contributed by atoms with Gasteiger partial charge >= 0.3 is 0 Å². The van der Waals surface area contributed by atoms with Crippen LogP contribution < -0.4 is 4.90 Å². The highest BCUT2D eigenvalue weighted by Gasteiger charge is 2.09. The molecule has 0 aliphatic rings. The quantitative estimate of drug-likeness (QED) is 0.779. The summed E-state index contributed by atoms with van der Waals surface area (Å²) in [5, 5.41) is 0. The molecule has 1 amide bonds. The zero-order valence-electron chi connectivity index (χ0n) is 10.2. The molecule has 1 rings (SSSR count). The van der Waals surface area contributed by atoms with Gasteiger partial charge in [0, 0.05) is 37.7 Å². The molecule has 0 saturated carbocycles. The summed E-state index contributed by atoms with van der Waals surface area (Å²) in [5.74, 6) is -0.148. The molecule has 0 bridgehead atoms. The van der Waals surface area contributed by atoms with E-state index >= 15 is 0 Å². The molecule has 0 aliphatic carbocycles. The summed E-state index contributed by atoms with van der Waals surface area (Å²) < 4.78 is 13.8. The van der Waals surface area contributed by atoms with E-state index in [1.807, 2.05) is 11.9 Å². The van der Waals surface area contributed by atoms with Gasteiger partial charge in [0.05, 0.1) is 5.69 Å². The normalized spacial score (nSPS) is 10.2. The molecule has 3 nitrogen and oxygen atoms in total. The fourth-order valence-corrected chi connectivity index (χ4v) is 2.29. The van der Waals surface area contributed by atoms with E-state index in [0.29, 0.717) is 13.0 Å². The smallest absolute Gasteiger partial charge is 0.223 e. The lowest BCUT2D eigenvalue weighted by Crippen LogP contribution is -2.28. The Bertz CT molecular complexity index is 409. The third kappa shape index (κ3) is 4.14. The molecule has 0 heterocycles. The lowest BCUT2D eigenvalue weighted by atomic mass is 10.2. The van der Waals surface area contributed by atoms with Crippen LogP contribution in [0.25, 0.3) is 0 Å². The second-order valence-corrected chi connectivity index (χ2v) is 5.22. The van der Waals surface area contributed by atoms with E-state index in [1.54, 1.807) is 25.1 Å². The minimum Gasteiger partial charge on any atom is -0.373 e. The Morgan fingerprint density at radius 1 is 1.35 bits per heavy atom. The second-order valence-electron chi connectivity index (χ2n) is 4.06. The van der Waals surface area contributed by atoms with Crippen LogP contribution in [-0.2, 0) is 4.79 Å². The van der Waals surface area contributed by atoms with Crippen molar-refractivity contribution in [1.82, 2.24) is 4.90 Å². The van der Waals surface area contributed by atoms with Gasteiger partial charge in [0.15, 0.2) is 0 Å². The Kier molecular flexibility index (Phi) is 5.17. The Balaban J connectivity index is 2.64. The molecular weight excluding hydrogens is 334 g/mol. The Morgan fingerprint density at radius 3 is 2.53 bits per heavy atom. The molecule has 1 aromatic rings. The highest BCUT2D eigenvalue weighted by molar-refractivity contribution is 14.1. The number of rotatable bonds is 4. The Morgan fingerprint density at radius 2 is 2.00 bits per heavy atom. The third-order valence-corrected chi connectivity index (χ3v) is 3.34. The number of hydrogen-bond donors (Lipinski definition) is 0. The van der Waals surface area contributed by atoms with E-state index in [0.717, 1.165) is 9.26 Å². The number of carbonyl (C=O) groups is 1. The first-order valence-corrected chi connectivity index (χ1v) is 6.36. The summed E-state index contributed by atoms with van der Waals surface area (Å²) in [6.45, 7) is 0.624. The minimum atomic E-state index is -0.240. The van der Waals surface area contributed by atoms with Crippen molar-refractivity contribution in [3.05, 3.63) is 27.6 Å². The maximum absolute atomic E-state index is 12.9. The van der Waals surface area contributed by atoms with Gasteiger partial charge in [-0.15, -0.1) is 0 Å². The molecule has 0 unspecified atom stereocenters. The van der Waals surface area contributed by atoms with Crippen LogP contribution in [0.15, 0.2) is 18.2 Å². The molecule has 0 aromatic heterocycles. The molecule has 1 aromatic carbocycles. The van der Waals surface area contributed by atoms with E-state index < -0.39 is 0 Å². The lowest BCUT2D eigenvalue weighted by Gasteiger charge is -2.21. The average Bonchev–Trinajstić information content (AvgIpc) is 2.25.